The van der Waals surface area contributed by atoms with Gasteiger partial charge in [-0.05, 0) is 55.5 Å². The zero-order valence-electron chi connectivity index (χ0n) is 19.3. The molecule has 0 bridgehead atoms. The van der Waals surface area contributed by atoms with Gasteiger partial charge in [0.05, 0.1) is 15.6 Å². The van der Waals surface area contributed by atoms with Crippen LogP contribution < -0.4 is 5.73 Å². The highest BCUT2D eigenvalue weighted by Crippen LogP contribution is 2.58. The number of hydrogen-bond donors (Lipinski definition) is 1. The summed E-state index contributed by atoms with van der Waals surface area (Å²) in [5.41, 5.74) is 5.94. The van der Waals surface area contributed by atoms with Crippen LogP contribution in [-0.2, 0) is 15.1 Å². The lowest BCUT2D eigenvalue weighted by Gasteiger charge is -2.44. The lowest BCUT2D eigenvalue weighted by molar-refractivity contribution is -0.152. The van der Waals surface area contributed by atoms with Gasteiger partial charge in [-0.15, -0.1) is 0 Å². The smallest absolute Gasteiger partial charge is 0.325 e. The van der Waals surface area contributed by atoms with E-state index in [1.807, 2.05) is 18.7 Å². The fourth-order valence-corrected chi connectivity index (χ4v) is 6.04. The molecule has 0 spiro atoms. The normalized spacial score (nSPS) is 29.3. The summed E-state index contributed by atoms with van der Waals surface area (Å²) in [6, 6.07) is 8.55. The lowest BCUT2D eigenvalue weighted by Crippen LogP contribution is -2.56. The number of carbonyl (C=O) groups excluding carboxylic acids is 1. The van der Waals surface area contributed by atoms with E-state index in [2.05, 4.69) is 20.8 Å². The Labute approximate surface area is 209 Å². The van der Waals surface area contributed by atoms with Crippen LogP contribution in [0.5, 0.6) is 0 Å². The molecule has 4 atom stereocenters. The molecule has 0 saturated carbocycles. The number of halogens is 4. The second-order valence-electron chi connectivity index (χ2n) is 10.7. The van der Waals surface area contributed by atoms with Crippen molar-refractivity contribution in [3.63, 3.8) is 0 Å². The molecule has 2 aromatic rings. The minimum atomic E-state index is -1.28. The number of cyclic esters (lactones) is 1. The van der Waals surface area contributed by atoms with E-state index in [0.29, 0.717) is 27.6 Å². The van der Waals surface area contributed by atoms with E-state index < -0.39 is 41.1 Å². The Morgan fingerprint density at radius 3 is 2.33 bits per heavy atom. The Morgan fingerprint density at radius 1 is 1.09 bits per heavy atom. The summed E-state index contributed by atoms with van der Waals surface area (Å²) in [7, 11) is 0. The summed E-state index contributed by atoms with van der Waals surface area (Å²) in [4.78, 5) is 15.3. The van der Waals surface area contributed by atoms with Crippen LogP contribution in [0.2, 0.25) is 15.1 Å². The molecular weight excluding hydrogens is 486 g/mol. The number of nitrogens with zero attached hydrogens (tertiary/aromatic N) is 1. The molecule has 2 heterocycles. The van der Waals surface area contributed by atoms with Crippen LogP contribution in [0, 0.1) is 11.2 Å². The zero-order valence-corrected chi connectivity index (χ0v) is 21.5. The van der Waals surface area contributed by atoms with E-state index in [1.165, 1.54) is 6.07 Å². The van der Waals surface area contributed by atoms with Gasteiger partial charge in [0.25, 0.3) is 0 Å². The van der Waals surface area contributed by atoms with Crippen LogP contribution in [0.15, 0.2) is 36.4 Å². The van der Waals surface area contributed by atoms with Crippen molar-refractivity contribution in [2.75, 3.05) is 0 Å². The van der Waals surface area contributed by atoms with Gasteiger partial charge in [0.1, 0.15) is 11.9 Å². The Hall–Kier alpha value is -1.37. The average molecular weight is 514 g/mol. The Bertz CT molecular complexity index is 1120. The molecule has 8 heteroatoms. The molecule has 2 saturated heterocycles. The number of esters is 1. The molecular formula is C25H28Cl3FN2O2. The van der Waals surface area contributed by atoms with Crippen molar-refractivity contribution >= 4 is 40.8 Å². The monoisotopic (exact) mass is 512 g/mol. The third-order valence-electron chi connectivity index (χ3n) is 6.74. The summed E-state index contributed by atoms with van der Waals surface area (Å²) in [5.74, 6) is -1.54. The largest absolute Gasteiger partial charge is 0.443 e. The van der Waals surface area contributed by atoms with Crippen molar-refractivity contribution in [2.24, 2.45) is 11.1 Å². The molecule has 2 fully saturated rings. The van der Waals surface area contributed by atoms with E-state index in [0.717, 1.165) is 0 Å². The van der Waals surface area contributed by atoms with Gasteiger partial charge in [0, 0.05) is 22.5 Å². The number of ether oxygens (including phenoxy) is 1. The maximum Gasteiger partial charge on any atom is 0.325 e. The van der Waals surface area contributed by atoms with Crippen LogP contribution in [0.3, 0.4) is 0 Å². The standard InChI is InChI=1S/C25H28Cl3FN2O2/c1-23(2,3)12-19-25(30,15-8-7-14(26)11-18(15)29)20(13-6-9-16(27)17(28)10-13)21-22(32)33-24(4,5)31(19)21/h6-11,19-21H,12,30H2,1-5H3/t19-,20-,21+,25?/m0/s1. The number of nitrogens with two attached hydrogens (primary N) is 1. The van der Waals surface area contributed by atoms with Gasteiger partial charge >= 0.3 is 5.97 Å². The van der Waals surface area contributed by atoms with Gasteiger partial charge in [-0.2, -0.15) is 0 Å². The van der Waals surface area contributed by atoms with Crippen molar-refractivity contribution in [1.82, 2.24) is 4.90 Å². The number of carbonyl (C=O) groups is 1. The van der Waals surface area contributed by atoms with Crippen molar-refractivity contribution in [1.29, 1.82) is 0 Å². The predicted octanol–water partition coefficient (Wildman–Crippen LogP) is 6.51. The van der Waals surface area contributed by atoms with Gasteiger partial charge in [0.15, 0.2) is 5.72 Å². The first-order valence-electron chi connectivity index (χ1n) is 10.9. The quantitative estimate of drug-likeness (QED) is 0.476. The van der Waals surface area contributed by atoms with Crippen molar-refractivity contribution in [3.8, 4) is 0 Å². The predicted molar refractivity (Wildman–Crippen MR) is 130 cm³/mol. The molecule has 178 valence electrons. The van der Waals surface area contributed by atoms with Crippen molar-refractivity contribution < 1.29 is 13.9 Å². The molecule has 0 radical (unpaired) electrons. The highest BCUT2D eigenvalue weighted by Gasteiger charge is 2.69. The second-order valence-corrected chi connectivity index (χ2v) is 12.0. The summed E-state index contributed by atoms with van der Waals surface area (Å²) in [5, 5.41) is 0.997. The van der Waals surface area contributed by atoms with Crippen LogP contribution in [0.25, 0.3) is 0 Å². The van der Waals surface area contributed by atoms with Gasteiger partial charge in [-0.1, -0.05) is 67.7 Å². The first-order valence-corrected chi connectivity index (χ1v) is 12.0. The number of rotatable bonds is 3. The number of hydrogen-bond acceptors (Lipinski definition) is 4. The van der Waals surface area contributed by atoms with Crippen LogP contribution in [0.4, 0.5) is 4.39 Å². The lowest BCUT2D eigenvalue weighted by atomic mass is 9.68. The molecule has 0 amide bonds. The average Bonchev–Trinajstić information content (AvgIpc) is 3.05. The molecule has 33 heavy (non-hydrogen) atoms. The Balaban J connectivity index is 2.04. The third kappa shape index (κ3) is 4.06. The molecule has 1 unspecified atom stereocenters. The SMILES string of the molecule is CC(C)(C)C[C@@H]1N2[C@@H](C(=O)OC2(C)C)[C@H](c2ccc(Cl)c(Cl)c2)C1(N)c1ccc(Cl)cc1F. The first kappa shape index (κ1) is 24.7. The topological polar surface area (TPSA) is 55.6 Å². The summed E-state index contributed by atoms with van der Waals surface area (Å²) >= 11 is 18.6. The molecule has 2 aliphatic rings. The van der Waals surface area contributed by atoms with Gasteiger partial charge in [-0.25, -0.2) is 9.29 Å². The minimum absolute atomic E-state index is 0.170. The van der Waals surface area contributed by atoms with Crippen LogP contribution in [0.1, 0.15) is 58.1 Å². The van der Waals surface area contributed by atoms with E-state index in [-0.39, 0.29) is 10.4 Å². The van der Waals surface area contributed by atoms with Crippen LogP contribution in [-0.4, -0.2) is 28.7 Å². The fraction of sp³-hybridized carbons (Fsp3) is 0.480. The van der Waals surface area contributed by atoms with Gasteiger partial charge in [-0.3, -0.25) is 4.79 Å². The Kier molecular flexibility index (Phi) is 6.07. The van der Waals surface area contributed by atoms with E-state index in [9.17, 15) is 4.79 Å². The minimum Gasteiger partial charge on any atom is -0.443 e. The summed E-state index contributed by atoms with van der Waals surface area (Å²) in [6.07, 6.45) is 0.597. The summed E-state index contributed by atoms with van der Waals surface area (Å²) < 4.78 is 21.3. The zero-order chi connectivity index (χ0) is 24.5. The van der Waals surface area contributed by atoms with Crippen molar-refractivity contribution in [2.45, 2.75) is 70.3 Å². The number of benzene rings is 2. The maximum atomic E-state index is 15.5. The van der Waals surface area contributed by atoms with Gasteiger partial charge in [0.2, 0.25) is 0 Å². The second kappa shape index (κ2) is 8.10. The molecule has 0 aromatic heterocycles. The third-order valence-corrected chi connectivity index (χ3v) is 7.71. The highest BCUT2D eigenvalue weighted by molar-refractivity contribution is 6.42. The van der Waals surface area contributed by atoms with E-state index in [1.54, 1.807) is 30.3 Å². The molecule has 0 aliphatic carbocycles. The fourth-order valence-electron chi connectivity index (χ4n) is 5.57. The van der Waals surface area contributed by atoms with Gasteiger partial charge < -0.3 is 10.5 Å². The Morgan fingerprint density at radius 2 is 1.76 bits per heavy atom. The summed E-state index contributed by atoms with van der Waals surface area (Å²) in [6.45, 7) is 9.98. The first-order chi connectivity index (χ1) is 15.2. The van der Waals surface area contributed by atoms with E-state index in [4.69, 9.17) is 45.3 Å². The van der Waals surface area contributed by atoms with Crippen molar-refractivity contribution in [3.05, 3.63) is 68.4 Å². The number of fused-ring (bicyclic) bond motifs is 1. The molecule has 2 N–H and O–H groups in total. The molecule has 2 aliphatic heterocycles. The molecule has 4 nitrogen and oxygen atoms in total. The maximum absolute atomic E-state index is 15.5. The molecule has 4 rings (SSSR count). The van der Waals surface area contributed by atoms with Crippen LogP contribution >= 0.6 is 34.8 Å². The molecule has 2 aromatic carbocycles. The van der Waals surface area contributed by atoms with E-state index >= 15 is 4.39 Å². The highest BCUT2D eigenvalue weighted by atomic mass is 35.5.